The Morgan fingerprint density at radius 3 is 2.26 bits per heavy atom. The molecule has 1 heteroatoms. The maximum absolute atomic E-state index is 2.65. The first-order chi connectivity index (χ1) is 9.24. The van der Waals surface area contributed by atoms with Crippen molar-refractivity contribution in [3.05, 3.63) is 35.9 Å². The molecule has 0 spiro atoms. The summed E-state index contributed by atoms with van der Waals surface area (Å²) in [6.07, 6.45) is 6.98. The summed E-state index contributed by atoms with van der Waals surface area (Å²) in [5.41, 5.74) is 1.56. The average Bonchev–Trinajstić information content (AvgIpc) is 3.15. The van der Waals surface area contributed by atoms with E-state index < -0.39 is 0 Å². The second kappa shape index (κ2) is 5.66. The molecule has 2 aliphatic rings. The highest BCUT2D eigenvalue weighted by Crippen LogP contribution is 2.40. The molecule has 3 rings (SSSR count). The van der Waals surface area contributed by atoms with Gasteiger partial charge < -0.3 is 4.90 Å². The molecule has 2 atom stereocenters. The van der Waals surface area contributed by atoms with E-state index in [1.165, 1.54) is 38.6 Å². The van der Waals surface area contributed by atoms with E-state index in [4.69, 9.17) is 0 Å². The van der Waals surface area contributed by atoms with Crippen LogP contribution in [0.1, 0.15) is 50.5 Å². The van der Waals surface area contributed by atoms with Crippen molar-refractivity contribution < 1.29 is 0 Å². The Bertz CT molecular complexity index is 391. The molecule has 0 saturated heterocycles. The summed E-state index contributed by atoms with van der Waals surface area (Å²) in [6, 6.07) is 11.9. The van der Waals surface area contributed by atoms with Gasteiger partial charge in [0.1, 0.15) is 0 Å². The second-order valence-corrected chi connectivity index (χ2v) is 6.83. The first-order valence-electron chi connectivity index (χ1n) is 7.99. The van der Waals surface area contributed by atoms with Crippen molar-refractivity contribution in [2.45, 2.75) is 51.0 Å². The summed E-state index contributed by atoms with van der Waals surface area (Å²) in [5, 5.41) is 0. The summed E-state index contributed by atoms with van der Waals surface area (Å²) in [7, 11) is 2.35. The third-order valence-electron chi connectivity index (χ3n) is 5.39. The van der Waals surface area contributed by atoms with Crippen molar-refractivity contribution in [1.29, 1.82) is 0 Å². The van der Waals surface area contributed by atoms with E-state index in [2.05, 4.69) is 49.2 Å². The van der Waals surface area contributed by atoms with Crippen LogP contribution in [0.2, 0.25) is 0 Å². The molecule has 2 fully saturated rings. The van der Waals surface area contributed by atoms with Gasteiger partial charge in [0, 0.05) is 12.6 Å². The first-order valence-corrected chi connectivity index (χ1v) is 7.99. The van der Waals surface area contributed by atoms with Crippen molar-refractivity contribution in [1.82, 2.24) is 4.90 Å². The number of hydrogen-bond acceptors (Lipinski definition) is 1. The molecule has 0 aliphatic heterocycles. The number of nitrogens with zero attached hydrogens (tertiary/aromatic N) is 1. The van der Waals surface area contributed by atoms with Gasteiger partial charge in [0.05, 0.1) is 0 Å². The van der Waals surface area contributed by atoms with Crippen LogP contribution in [-0.2, 0) is 0 Å². The maximum Gasteiger partial charge on any atom is 0.00927 e. The van der Waals surface area contributed by atoms with Gasteiger partial charge in [0.2, 0.25) is 0 Å². The fourth-order valence-electron chi connectivity index (χ4n) is 3.75. The monoisotopic (exact) mass is 257 g/mol. The van der Waals surface area contributed by atoms with Gasteiger partial charge in [0.25, 0.3) is 0 Å². The molecular formula is C18H27N. The summed E-state index contributed by atoms with van der Waals surface area (Å²) in [6.45, 7) is 3.73. The van der Waals surface area contributed by atoms with Crippen molar-refractivity contribution >= 4 is 0 Å². The quantitative estimate of drug-likeness (QED) is 0.777. The fourth-order valence-corrected chi connectivity index (χ4v) is 3.75. The summed E-state index contributed by atoms with van der Waals surface area (Å²) in [4.78, 5) is 2.65. The zero-order chi connectivity index (χ0) is 13.2. The number of rotatable bonds is 4. The van der Waals surface area contributed by atoms with E-state index in [9.17, 15) is 0 Å². The Morgan fingerprint density at radius 2 is 1.68 bits per heavy atom. The zero-order valence-corrected chi connectivity index (χ0v) is 12.4. The molecule has 0 N–H and O–H groups in total. The molecule has 0 aromatic heterocycles. The lowest BCUT2D eigenvalue weighted by molar-refractivity contribution is 0.174. The molecule has 0 bridgehead atoms. The minimum atomic E-state index is 0.811. The number of benzene rings is 1. The SMILES string of the molecule is C[C@@H]1C[C@H]1CN(C)C1CCC(c2ccccc2)CC1. The van der Waals surface area contributed by atoms with Crippen LogP contribution >= 0.6 is 0 Å². The molecule has 0 radical (unpaired) electrons. The van der Waals surface area contributed by atoms with Gasteiger partial charge in [0.15, 0.2) is 0 Å². The van der Waals surface area contributed by atoms with Gasteiger partial charge >= 0.3 is 0 Å². The predicted molar refractivity (Wildman–Crippen MR) is 81.3 cm³/mol. The van der Waals surface area contributed by atoms with Crippen LogP contribution in [0, 0.1) is 11.8 Å². The van der Waals surface area contributed by atoms with Crippen molar-refractivity contribution in [2.75, 3.05) is 13.6 Å². The minimum absolute atomic E-state index is 0.811. The molecule has 1 aromatic carbocycles. The summed E-state index contributed by atoms with van der Waals surface area (Å²) < 4.78 is 0. The molecule has 19 heavy (non-hydrogen) atoms. The predicted octanol–water partition coefficient (Wildman–Crippen LogP) is 4.30. The van der Waals surface area contributed by atoms with Crippen LogP contribution in [0.5, 0.6) is 0 Å². The van der Waals surface area contributed by atoms with E-state index in [0.29, 0.717) is 0 Å². The number of hydrogen-bond donors (Lipinski definition) is 0. The molecule has 1 aromatic rings. The molecule has 2 saturated carbocycles. The average molecular weight is 257 g/mol. The van der Waals surface area contributed by atoms with E-state index in [1.54, 1.807) is 5.56 Å². The Hall–Kier alpha value is -0.820. The standard InChI is InChI=1S/C18H27N/c1-14-12-17(14)13-19(2)18-10-8-16(9-11-18)15-6-4-3-5-7-15/h3-7,14,16-18H,8-13H2,1-2H3/t14-,16?,17+,18?/m1/s1. The minimum Gasteiger partial charge on any atom is -0.303 e. The van der Waals surface area contributed by atoms with Gasteiger partial charge in [-0.15, -0.1) is 0 Å². The summed E-state index contributed by atoms with van der Waals surface area (Å²) >= 11 is 0. The van der Waals surface area contributed by atoms with Crippen LogP contribution in [0.25, 0.3) is 0 Å². The lowest BCUT2D eigenvalue weighted by Crippen LogP contribution is -2.36. The molecule has 0 heterocycles. The largest absolute Gasteiger partial charge is 0.303 e. The van der Waals surface area contributed by atoms with E-state index >= 15 is 0 Å². The highest BCUT2D eigenvalue weighted by molar-refractivity contribution is 5.20. The highest BCUT2D eigenvalue weighted by atomic mass is 15.1. The lowest BCUT2D eigenvalue weighted by atomic mass is 9.81. The smallest absolute Gasteiger partial charge is 0.00927 e. The lowest BCUT2D eigenvalue weighted by Gasteiger charge is -2.35. The Labute approximate surface area is 118 Å². The summed E-state index contributed by atoms with van der Waals surface area (Å²) in [5.74, 6) is 2.80. The van der Waals surface area contributed by atoms with E-state index in [0.717, 1.165) is 23.8 Å². The van der Waals surface area contributed by atoms with Crippen LogP contribution < -0.4 is 0 Å². The van der Waals surface area contributed by atoms with Crippen LogP contribution in [0.3, 0.4) is 0 Å². The first kappa shape index (κ1) is 13.2. The van der Waals surface area contributed by atoms with Crippen LogP contribution in [0.4, 0.5) is 0 Å². The van der Waals surface area contributed by atoms with Gasteiger partial charge in [-0.1, -0.05) is 37.3 Å². The highest BCUT2D eigenvalue weighted by Gasteiger charge is 2.35. The molecule has 2 aliphatic carbocycles. The molecule has 0 amide bonds. The molecule has 1 nitrogen and oxygen atoms in total. The second-order valence-electron chi connectivity index (χ2n) is 6.83. The normalized spacial score (nSPS) is 34.5. The third-order valence-corrected chi connectivity index (χ3v) is 5.39. The fraction of sp³-hybridized carbons (Fsp3) is 0.667. The van der Waals surface area contributed by atoms with Crippen molar-refractivity contribution in [3.8, 4) is 0 Å². The van der Waals surface area contributed by atoms with Gasteiger partial charge in [-0.2, -0.15) is 0 Å². The molecule has 0 unspecified atom stereocenters. The zero-order valence-electron chi connectivity index (χ0n) is 12.4. The van der Waals surface area contributed by atoms with Crippen molar-refractivity contribution in [3.63, 3.8) is 0 Å². The van der Waals surface area contributed by atoms with Crippen LogP contribution in [0.15, 0.2) is 30.3 Å². The van der Waals surface area contributed by atoms with Crippen LogP contribution in [-0.4, -0.2) is 24.5 Å². The Kier molecular flexibility index (Phi) is 3.93. The van der Waals surface area contributed by atoms with Crippen molar-refractivity contribution in [2.24, 2.45) is 11.8 Å². The molecule has 104 valence electrons. The molecular weight excluding hydrogens is 230 g/mol. The maximum atomic E-state index is 2.65. The Balaban J connectivity index is 1.49. The van der Waals surface area contributed by atoms with Gasteiger partial charge in [-0.25, -0.2) is 0 Å². The third kappa shape index (κ3) is 3.20. The Morgan fingerprint density at radius 1 is 1.05 bits per heavy atom. The van der Waals surface area contributed by atoms with E-state index in [1.807, 2.05) is 0 Å². The van der Waals surface area contributed by atoms with Gasteiger partial charge in [-0.05, 0) is 62.5 Å². The van der Waals surface area contributed by atoms with E-state index in [-0.39, 0.29) is 0 Å². The van der Waals surface area contributed by atoms with Gasteiger partial charge in [-0.3, -0.25) is 0 Å². The topological polar surface area (TPSA) is 3.24 Å².